The summed E-state index contributed by atoms with van der Waals surface area (Å²) in [5.41, 5.74) is 3.56. The topological polar surface area (TPSA) is 53.4 Å². The highest BCUT2D eigenvalue weighted by Gasteiger charge is 2.19. The van der Waals surface area contributed by atoms with Crippen molar-refractivity contribution in [2.45, 2.75) is 19.4 Å². The molecule has 0 aliphatic carbocycles. The Morgan fingerprint density at radius 2 is 2.24 bits per heavy atom. The average Bonchev–Trinajstić information content (AvgIpc) is 2.49. The SMILES string of the molecule is O=C(O)c1ccc2c(c1)CCCN2Cc1ccncc1Cl. The summed E-state index contributed by atoms with van der Waals surface area (Å²) in [6, 6.07) is 7.25. The molecule has 0 fully saturated rings. The number of aromatic carboxylic acids is 1. The van der Waals surface area contributed by atoms with E-state index in [2.05, 4.69) is 9.88 Å². The second-order valence-corrected chi connectivity index (χ2v) is 5.55. The number of carbonyl (C=O) groups is 1. The number of rotatable bonds is 3. The molecular formula is C16H15ClN2O2. The molecule has 1 aromatic heterocycles. The van der Waals surface area contributed by atoms with Crippen LogP contribution in [0.15, 0.2) is 36.7 Å². The standard InChI is InChI=1S/C16H15ClN2O2/c17-14-9-18-6-5-13(14)10-19-7-1-2-11-8-12(16(20)21)3-4-15(11)19/h3-6,8-9H,1-2,7,10H2,(H,20,21). The van der Waals surface area contributed by atoms with E-state index in [1.165, 1.54) is 0 Å². The van der Waals surface area contributed by atoms with E-state index in [1.54, 1.807) is 24.5 Å². The van der Waals surface area contributed by atoms with E-state index in [4.69, 9.17) is 16.7 Å². The van der Waals surface area contributed by atoms with Gasteiger partial charge in [-0.05, 0) is 48.2 Å². The maximum Gasteiger partial charge on any atom is 0.335 e. The van der Waals surface area contributed by atoms with Gasteiger partial charge in [-0.1, -0.05) is 11.6 Å². The summed E-state index contributed by atoms with van der Waals surface area (Å²) < 4.78 is 0. The van der Waals surface area contributed by atoms with Crippen LogP contribution in [0.3, 0.4) is 0 Å². The van der Waals surface area contributed by atoms with Gasteiger partial charge in [0.2, 0.25) is 0 Å². The highest BCUT2D eigenvalue weighted by Crippen LogP contribution is 2.30. The third-order valence-corrected chi connectivity index (χ3v) is 4.10. The van der Waals surface area contributed by atoms with Crippen LogP contribution in [0.2, 0.25) is 5.02 Å². The normalized spacial score (nSPS) is 13.9. The lowest BCUT2D eigenvalue weighted by atomic mass is 9.98. The van der Waals surface area contributed by atoms with Gasteiger partial charge in [0.05, 0.1) is 10.6 Å². The largest absolute Gasteiger partial charge is 0.478 e. The van der Waals surface area contributed by atoms with Gasteiger partial charge in [0.25, 0.3) is 0 Å². The van der Waals surface area contributed by atoms with E-state index in [0.29, 0.717) is 17.1 Å². The van der Waals surface area contributed by atoms with Crippen LogP contribution in [0.25, 0.3) is 0 Å². The summed E-state index contributed by atoms with van der Waals surface area (Å²) >= 11 is 6.17. The van der Waals surface area contributed by atoms with Crippen molar-refractivity contribution in [2.24, 2.45) is 0 Å². The zero-order valence-corrected chi connectivity index (χ0v) is 12.2. The number of carboxylic acid groups (broad SMARTS) is 1. The lowest BCUT2D eigenvalue weighted by molar-refractivity contribution is 0.0697. The smallest absolute Gasteiger partial charge is 0.335 e. The minimum atomic E-state index is -0.882. The van der Waals surface area contributed by atoms with Gasteiger partial charge in [0.1, 0.15) is 0 Å². The molecule has 0 saturated carbocycles. The fraction of sp³-hybridized carbons (Fsp3) is 0.250. The molecule has 1 N–H and O–H groups in total. The van der Waals surface area contributed by atoms with Crippen molar-refractivity contribution >= 4 is 23.3 Å². The van der Waals surface area contributed by atoms with E-state index in [1.807, 2.05) is 12.1 Å². The number of carboxylic acids is 1. The summed E-state index contributed by atoms with van der Waals surface area (Å²) in [6.07, 6.45) is 5.31. The van der Waals surface area contributed by atoms with Gasteiger partial charge < -0.3 is 10.0 Å². The summed E-state index contributed by atoms with van der Waals surface area (Å²) in [6.45, 7) is 1.65. The predicted octanol–water partition coefficient (Wildman–Crippen LogP) is 3.39. The van der Waals surface area contributed by atoms with Crippen molar-refractivity contribution in [1.29, 1.82) is 0 Å². The van der Waals surface area contributed by atoms with Crippen molar-refractivity contribution in [3.63, 3.8) is 0 Å². The lowest BCUT2D eigenvalue weighted by Gasteiger charge is -2.31. The number of aryl methyl sites for hydroxylation is 1. The monoisotopic (exact) mass is 302 g/mol. The minimum Gasteiger partial charge on any atom is -0.478 e. The molecular weight excluding hydrogens is 288 g/mol. The van der Waals surface area contributed by atoms with E-state index in [9.17, 15) is 4.79 Å². The summed E-state index contributed by atoms with van der Waals surface area (Å²) in [5.74, 6) is -0.882. The predicted molar refractivity (Wildman–Crippen MR) is 82.0 cm³/mol. The first kappa shape index (κ1) is 13.9. The van der Waals surface area contributed by atoms with Gasteiger partial charge in [-0.2, -0.15) is 0 Å². The summed E-state index contributed by atoms with van der Waals surface area (Å²) in [5, 5.41) is 9.74. The Kier molecular flexibility index (Phi) is 3.80. The lowest BCUT2D eigenvalue weighted by Crippen LogP contribution is -2.29. The minimum absolute atomic E-state index is 0.345. The molecule has 0 saturated heterocycles. The van der Waals surface area contributed by atoms with Crippen LogP contribution in [-0.4, -0.2) is 22.6 Å². The van der Waals surface area contributed by atoms with E-state index in [0.717, 1.165) is 36.2 Å². The number of benzene rings is 1. The summed E-state index contributed by atoms with van der Waals surface area (Å²) in [7, 11) is 0. The Balaban J connectivity index is 1.90. The molecule has 5 heteroatoms. The Labute approximate surface area is 128 Å². The molecule has 0 bridgehead atoms. The van der Waals surface area contributed by atoms with Gasteiger partial charge in [0, 0.05) is 31.2 Å². The molecule has 21 heavy (non-hydrogen) atoms. The van der Waals surface area contributed by atoms with Gasteiger partial charge in [-0.25, -0.2) is 4.79 Å². The second kappa shape index (κ2) is 5.74. The van der Waals surface area contributed by atoms with Crippen molar-refractivity contribution in [3.05, 3.63) is 58.4 Å². The number of halogens is 1. The number of hydrogen-bond donors (Lipinski definition) is 1. The molecule has 0 radical (unpaired) electrons. The molecule has 0 atom stereocenters. The fourth-order valence-electron chi connectivity index (χ4n) is 2.71. The Morgan fingerprint density at radius 1 is 1.38 bits per heavy atom. The van der Waals surface area contributed by atoms with Crippen LogP contribution in [0.5, 0.6) is 0 Å². The number of nitrogens with zero attached hydrogens (tertiary/aromatic N) is 2. The Morgan fingerprint density at radius 3 is 3.00 bits per heavy atom. The molecule has 0 amide bonds. The average molecular weight is 303 g/mol. The van der Waals surface area contributed by atoms with Crippen LogP contribution in [-0.2, 0) is 13.0 Å². The second-order valence-electron chi connectivity index (χ2n) is 5.14. The third-order valence-electron chi connectivity index (χ3n) is 3.76. The molecule has 108 valence electrons. The number of anilines is 1. The Bertz CT molecular complexity index is 688. The van der Waals surface area contributed by atoms with Crippen molar-refractivity contribution < 1.29 is 9.90 Å². The van der Waals surface area contributed by atoms with Gasteiger partial charge >= 0.3 is 5.97 Å². The number of aromatic nitrogens is 1. The summed E-state index contributed by atoms with van der Waals surface area (Å²) in [4.78, 5) is 17.3. The van der Waals surface area contributed by atoms with Crippen LogP contribution < -0.4 is 4.90 Å². The van der Waals surface area contributed by atoms with Crippen molar-refractivity contribution in [2.75, 3.05) is 11.4 Å². The highest BCUT2D eigenvalue weighted by atomic mass is 35.5. The molecule has 3 rings (SSSR count). The van der Waals surface area contributed by atoms with Gasteiger partial charge in [0.15, 0.2) is 0 Å². The Hall–Kier alpha value is -2.07. The van der Waals surface area contributed by atoms with Gasteiger partial charge in [-0.15, -0.1) is 0 Å². The van der Waals surface area contributed by atoms with Crippen molar-refractivity contribution in [3.8, 4) is 0 Å². The van der Waals surface area contributed by atoms with E-state index < -0.39 is 5.97 Å². The van der Waals surface area contributed by atoms with E-state index >= 15 is 0 Å². The van der Waals surface area contributed by atoms with Crippen LogP contribution in [0, 0.1) is 0 Å². The van der Waals surface area contributed by atoms with Crippen molar-refractivity contribution in [1.82, 2.24) is 4.98 Å². The zero-order valence-electron chi connectivity index (χ0n) is 11.4. The highest BCUT2D eigenvalue weighted by molar-refractivity contribution is 6.31. The number of hydrogen-bond acceptors (Lipinski definition) is 3. The molecule has 1 aromatic carbocycles. The number of pyridine rings is 1. The molecule has 1 aliphatic heterocycles. The molecule has 2 heterocycles. The van der Waals surface area contributed by atoms with Crippen LogP contribution in [0.4, 0.5) is 5.69 Å². The first-order valence-corrected chi connectivity index (χ1v) is 7.22. The zero-order chi connectivity index (χ0) is 14.8. The van der Waals surface area contributed by atoms with E-state index in [-0.39, 0.29) is 0 Å². The molecule has 4 nitrogen and oxygen atoms in total. The third kappa shape index (κ3) is 2.85. The fourth-order valence-corrected chi connectivity index (χ4v) is 2.89. The maximum atomic E-state index is 11.1. The van der Waals surface area contributed by atoms with Crippen LogP contribution in [0.1, 0.15) is 27.9 Å². The van der Waals surface area contributed by atoms with Gasteiger partial charge in [-0.3, -0.25) is 4.98 Å². The first-order valence-electron chi connectivity index (χ1n) is 6.84. The quantitative estimate of drug-likeness (QED) is 0.944. The first-order chi connectivity index (χ1) is 10.1. The number of fused-ring (bicyclic) bond motifs is 1. The molecule has 1 aliphatic rings. The molecule has 0 unspecified atom stereocenters. The van der Waals surface area contributed by atoms with Crippen LogP contribution >= 0.6 is 11.6 Å². The maximum absolute atomic E-state index is 11.1. The molecule has 0 spiro atoms. The molecule has 2 aromatic rings.